The van der Waals surface area contributed by atoms with Gasteiger partial charge in [-0.25, -0.2) is 9.97 Å². The van der Waals surface area contributed by atoms with Gasteiger partial charge in [-0.3, -0.25) is 0 Å². The fourth-order valence-corrected chi connectivity index (χ4v) is 4.17. The molecule has 2 unspecified atom stereocenters. The molecule has 2 N–H and O–H groups in total. The number of anilines is 1. The van der Waals surface area contributed by atoms with Crippen LogP contribution < -0.4 is 10.6 Å². The van der Waals surface area contributed by atoms with Crippen LogP contribution in [-0.2, 0) is 6.54 Å². The van der Waals surface area contributed by atoms with E-state index in [0.29, 0.717) is 18.4 Å². The number of aromatic nitrogens is 3. The number of nitrogens with zero attached hydrogens (tertiary/aromatic N) is 3. The Kier molecular flexibility index (Phi) is 3.28. The highest BCUT2D eigenvalue weighted by Gasteiger charge is 2.34. The molecule has 3 heterocycles. The number of aryl methyl sites for hydroxylation is 2. The maximum absolute atomic E-state index is 5.09. The summed E-state index contributed by atoms with van der Waals surface area (Å²) in [6.45, 7) is 6.65. The van der Waals surface area contributed by atoms with Crippen molar-refractivity contribution in [1.82, 2.24) is 20.4 Å². The van der Waals surface area contributed by atoms with E-state index in [-0.39, 0.29) is 0 Å². The topological polar surface area (TPSA) is 75.9 Å². The Bertz CT molecular complexity index is 964. The minimum Gasteiger partial charge on any atom is -0.362 e. The molecule has 128 valence electrons. The van der Waals surface area contributed by atoms with Crippen LogP contribution in [0.4, 0.5) is 5.82 Å². The average Bonchev–Trinajstić information content (AvgIpc) is 3.13. The zero-order valence-corrected chi connectivity index (χ0v) is 14.5. The summed E-state index contributed by atoms with van der Waals surface area (Å²) in [6, 6.07) is 6.41. The molecule has 2 bridgehead atoms. The van der Waals surface area contributed by atoms with Gasteiger partial charge in [0.05, 0.1) is 29.0 Å². The first-order valence-electron chi connectivity index (χ1n) is 8.86. The summed E-state index contributed by atoms with van der Waals surface area (Å²) in [5.74, 6) is 2.78. The van der Waals surface area contributed by atoms with E-state index in [4.69, 9.17) is 14.5 Å². The third-order valence-electron chi connectivity index (χ3n) is 5.44. The molecule has 6 heteroatoms. The lowest BCUT2D eigenvalue weighted by molar-refractivity contribution is 0.399. The van der Waals surface area contributed by atoms with E-state index < -0.39 is 0 Å². The minimum absolute atomic E-state index is 0.589. The monoisotopic (exact) mass is 335 g/mol. The number of piperidine rings is 1. The Morgan fingerprint density at radius 2 is 1.80 bits per heavy atom. The highest BCUT2D eigenvalue weighted by molar-refractivity contribution is 5.78. The molecular weight excluding hydrogens is 314 g/mol. The summed E-state index contributed by atoms with van der Waals surface area (Å²) in [4.78, 5) is 9.70. The van der Waals surface area contributed by atoms with Crippen LogP contribution >= 0.6 is 0 Å². The van der Waals surface area contributed by atoms with Gasteiger partial charge >= 0.3 is 0 Å². The van der Waals surface area contributed by atoms with Gasteiger partial charge in [0.15, 0.2) is 5.82 Å². The maximum atomic E-state index is 5.09. The number of hydrogen-bond acceptors (Lipinski definition) is 6. The van der Waals surface area contributed by atoms with Gasteiger partial charge in [-0.2, -0.15) is 0 Å². The second kappa shape index (κ2) is 5.52. The normalized spacial score (nSPS) is 21.5. The molecule has 2 atom stereocenters. The Balaban J connectivity index is 1.50. The van der Waals surface area contributed by atoms with Gasteiger partial charge < -0.3 is 15.2 Å². The van der Waals surface area contributed by atoms with Crippen LogP contribution in [0, 0.1) is 13.8 Å². The molecule has 0 saturated carbocycles. The molecular formula is C19H21N5O. The summed E-state index contributed by atoms with van der Waals surface area (Å²) < 4.78 is 5.09. The molecule has 1 aliphatic carbocycles. The van der Waals surface area contributed by atoms with Gasteiger partial charge in [-0.05, 0) is 55.4 Å². The lowest BCUT2D eigenvalue weighted by atomic mass is 9.98. The summed E-state index contributed by atoms with van der Waals surface area (Å²) >= 11 is 0. The molecule has 0 spiro atoms. The largest absolute Gasteiger partial charge is 0.362 e. The van der Waals surface area contributed by atoms with Crippen LogP contribution in [0.1, 0.15) is 46.5 Å². The van der Waals surface area contributed by atoms with E-state index in [1.165, 1.54) is 17.5 Å². The van der Waals surface area contributed by atoms with Crippen molar-refractivity contribution in [2.45, 2.75) is 38.6 Å². The second-order valence-corrected chi connectivity index (χ2v) is 7.19. The predicted molar refractivity (Wildman–Crippen MR) is 95.8 cm³/mol. The molecule has 1 saturated heterocycles. The van der Waals surface area contributed by atoms with E-state index in [2.05, 4.69) is 27.9 Å². The molecule has 2 aromatic heterocycles. The molecule has 2 aliphatic rings. The van der Waals surface area contributed by atoms with Crippen LogP contribution in [0.15, 0.2) is 22.7 Å². The molecule has 3 aromatic rings. The summed E-state index contributed by atoms with van der Waals surface area (Å²) in [5.41, 5.74) is 6.84. The second-order valence-electron chi connectivity index (χ2n) is 7.19. The fourth-order valence-electron chi connectivity index (χ4n) is 4.17. The van der Waals surface area contributed by atoms with Crippen LogP contribution in [0.25, 0.3) is 11.0 Å². The van der Waals surface area contributed by atoms with Crippen molar-refractivity contribution in [2.75, 3.05) is 18.4 Å². The van der Waals surface area contributed by atoms with Crippen molar-refractivity contribution >= 4 is 16.9 Å². The third-order valence-corrected chi connectivity index (χ3v) is 5.44. The van der Waals surface area contributed by atoms with E-state index in [1.807, 2.05) is 19.9 Å². The van der Waals surface area contributed by atoms with Gasteiger partial charge in [0.1, 0.15) is 5.76 Å². The fraction of sp³-hybridized carbons (Fsp3) is 0.421. The van der Waals surface area contributed by atoms with E-state index in [0.717, 1.165) is 47.1 Å². The van der Waals surface area contributed by atoms with Crippen LogP contribution in [0.2, 0.25) is 0 Å². The zero-order valence-electron chi connectivity index (χ0n) is 14.5. The van der Waals surface area contributed by atoms with E-state index >= 15 is 0 Å². The predicted octanol–water partition coefficient (Wildman–Crippen LogP) is 3.02. The lowest BCUT2D eigenvalue weighted by Gasteiger charge is -2.19. The third kappa shape index (κ3) is 2.48. The van der Waals surface area contributed by atoms with E-state index in [9.17, 15) is 0 Å². The van der Waals surface area contributed by atoms with Gasteiger partial charge in [0.25, 0.3) is 0 Å². The van der Waals surface area contributed by atoms with Gasteiger partial charge in [-0.1, -0.05) is 5.16 Å². The maximum Gasteiger partial charge on any atom is 0.169 e. The van der Waals surface area contributed by atoms with Crippen molar-refractivity contribution in [3.63, 3.8) is 0 Å². The number of rotatable bonds is 3. The van der Waals surface area contributed by atoms with Crippen molar-refractivity contribution in [1.29, 1.82) is 0 Å². The Morgan fingerprint density at radius 1 is 1.08 bits per heavy atom. The standard InChI is InChI=1S/C19H21N5O/c1-10-3-19(24-25-10)21-9-18-11(2)22-16-5-14-12-4-13(8-20-7-12)15(14)6-17(16)23-18/h3,5-6,12-13,20H,4,7-9H2,1-2H3,(H,21,24). The first-order valence-corrected chi connectivity index (χ1v) is 8.86. The molecule has 5 rings (SSSR count). The number of hydrogen-bond donors (Lipinski definition) is 2. The van der Waals surface area contributed by atoms with Gasteiger partial charge in [-0.15, -0.1) is 0 Å². The van der Waals surface area contributed by atoms with Crippen LogP contribution in [0.5, 0.6) is 0 Å². The Labute approximate surface area is 146 Å². The number of benzene rings is 1. The van der Waals surface area contributed by atoms with Gasteiger partial charge in [0, 0.05) is 19.2 Å². The molecule has 6 nitrogen and oxygen atoms in total. The number of fused-ring (bicyclic) bond motifs is 6. The van der Waals surface area contributed by atoms with Crippen molar-refractivity contribution in [3.05, 3.63) is 46.5 Å². The van der Waals surface area contributed by atoms with Crippen molar-refractivity contribution < 1.29 is 4.52 Å². The molecule has 1 aromatic carbocycles. The zero-order chi connectivity index (χ0) is 17.0. The Hall–Kier alpha value is -2.47. The highest BCUT2D eigenvalue weighted by atomic mass is 16.5. The summed E-state index contributed by atoms with van der Waals surface area (Å²) in [5, 5.41) is 10.8. The highest BCUT2D eigenvalue weighted by Crippen LogP contribution is 2.44. The smallest absolute Gasteiger partial charge is 0.169 e. The summed E-state index contributed by atoms with van der Waals surface area (Å²) in [6.07, 6.45) is 1.26. The van der Waals surface area contributed by atoms with Crippen LogP contribution in [-0.4, -0.2) is 28.2 Å². The minimum atomic E-state index is 0.589. The lowest BCUT2D eigenvalue weighted by Crippen LogP contribution is -2.28. The quantitative estimate of drug-likeness (QED) is 0.766. The van der Waals surface area contributed by atoms with Crippen molar-refractivity contribution in [3.8, 4) is 0 Å². The van der Waals surface area contributed by atoms with E-state index in [1.54, 1.807) is 0 Å². The number of nitrogens with one attached hydrogen (secondary N) is 2. The molecule has 0 amide bonds. The summed E-state index contributed by atoms with van der Waals surface area (Å²) in [7, 11) is 0. The van der Waals surface area contributed by atoms with Crippen LogP contribution in [0.3, 0.4) is 0 Å². The van der Waals surface area contributed by atoms with Crippen molar-refractivity contribution in [2.24, 2.45) is 0 Å². The average molecular weight is 335 g/mol. The van der Waals surface area contributed by atoms with Gasteiger partial charge in [0.2, 0.25) is 0 Å². The Morgan fingerprint density at radius 3 is 2.48 bits per heavy atom. The molecule has 0 radical (unpaired) electrons. The first kappa shape index (κ1) is 14.8. The molecule has 25 heavy (non-hydrogen) atoms. The molecule has 1 aliphatic heterocycles. The molecule has 1 fully saturated rings. The SMILES string of the molecule is Cc1cc(NCc2nc3cc4c(cc3nc2C)C2CNCC4C2)no1. The first-order chi connectivity index (χ1) is 12.2.